The number of nitrogens with zero attached hydrogens (tertiary/aromatic N) is 2. The number of pyridine rings is 2. The van der Waals surface area contributed by atoms with Gasteiger partial charge in [0.25, 0.3) is 0 Å². The van der Waals surface area contributed by atoms with Gasteiger partial charge in [0.1, 0.15) is 5.58 Å². The van der Waals surface area contributed by atoms with Crippen molar-refractivity contribution in [3.8, 4) is 22.5 Å². The van der Waals surface area contributed by atoms with Gasteiger partial charge in [-0.3, -0.25) is 0 Å². The van der Waals surface area contributed by atoms with Crippen molar-refractivity contribution in [1.29, 1.82) is 0 Å². The quantitative estimate of drug-likeness (QED) is 0.169. The van der Waals surface area contributed by atoms with E-state index in [1.807, 2.05) is 66.7 Å². The zero-order valence-electron chi connectivity index (χ0n) is 23.3. The molecule has 203 valence electrons. The maximum Gasteiger partial charge on any atom is 0.123 e. The smallest absolute Gasteiger partial charge is 0.123 e. The first-order chi connectivity index (χ1) is 18.8. The molecule has 0 fully saturated rings. The van der Waals surface area contributed by atoms with Crippen LogP contribution in [0.25, 0.3) is 44.5 Å². The van der Waals surface area contributed by atoms with E-state index in [0.29, 0.717) is 0 Å². The Bertz CT molecular complexity index is 1720. The van der Waals surface area contributed by atoms with Gasteiger partial charge in [0.2, 0.25) is 0 Å². The molecule has 7 rings (SSSR count). The van der Waals surface area contributed by atoms with Gasteiger partial charge in [-0.25, -0.2) is 0 Å². The summed E-state index contributed by atoms with van der Waals surface area (Å²) in [5.41, 5.74) is 8.94. The maximum atomic E-state index is 6.05. The molecule has 1 radical (unpaired) electrons. The predicted molar refractivity (Wildman–Crippen MR) is 160 cm³/mol. The average Bonchev–Trinajstić information content (AvgIpc) is 3.35. The van der Waals surface area contributed by atoms with Crippen LogP contribution in [0.3, 0.4) is 0 Å². The molecule has 0 N–H and O–H groups in total. The summed E-state index contributed by atoms with van der Waals surface area (Å²) in [6.07, 6.45) is 6.27. The topological polar surface area (TPSA) is 38.9 Å². The van der Waals surface area contributed by atoms with Gasteiger partial charge >= 0.3 is 0 Å². The third-order valence-corrected chi connectivity index (χ3v) is 7.97. The van der Waals surface area contributed by atoms with Crippen LogP contribution in [0.5, 0.6) is 0 Å². The van der Waals surface area contributed by atoms with Crippen LogP contribution in [-0.4, -0.2) is 9.97 Å². The van der Waals surface area contributed by atoms with Crippen molar-refractivity contribution in [2.24, 2.45) is 0 Å². The first-order valence-electron chi connectivity index (χ1n) is 13.5. The average molecular weight is 701 g/mol. The van der Waals surface area contributed by atoms with Crippen molar-refractivity contribution in [3.05, 3.63) is 121 Å². The van der Waals surface area contributed by atoms with Crippen LogP contribution >= 0.6 is 0 Å². The van der Waals surface area contributed by atoms with Crippen LogP contribution in [0.15, 0.2) is 102 Å². The van der Waals surface area contributed by atoms with E-state index < -0.39 is 0 Å². The van der Waals surface area contributed by atoms with Gasteiger partial charge in [-0.1, -0.05) is 75.5 Å². The Morgan fingerprint density at radius 1 is 0.675 bits per heavy atom. The predicted octanol–water partition coefficient (Wildman–Crippen LogP) is 9.34. The van der Waals surface area contributed by atoms with E-state index in [9.17, 15) is 0 Å². The number of aromatic nitrogens is 2. The van der Waals surface area contributed by atoms with E-state index in [0.717, 1.165) is 44.5 Å². The Kier molecular flexibility index (Phi) is 7.77. The molecule has 1 aliphatic carbocycles. The maximum absolute atomic E-state index is 6.05. The number of para-hydroxylation sites is 1. The molecule has 40 heavy (non-hydrogen) atoms. The molecule has 4 heteroatoms. The zero-order valence-corrected chi connectivity index (χ0v) is 25.7. The van der Waals surface area contributed by atoms with E-state index >= 15 is 0 Å². The Balaban J connectivity index is 0.000000209. The van der Waals surface area contributed by atoms with Gasteiger partial charge in [-0.15, -0.1) is 53.6 Å². The van der Waals surface area contributed by atoms with Gasteiger partial charge in [-0.2, -0.15) is 0 Å². The van der Waals surface area contributed by atoms with Crippen molar-refractivity contribution >= 4 is 21.9 Å². The van der Waals surface area contributed by atoms with Crippen molar-refractivity contribution in [2.75, 3.05) is 0 Å². The van der Waals surface area contributed by atoms with Crippen LogP contribution in [0, 0.1) is 12.1 Å². The summed E-state index contributed by atoms with van der Waals surface area (Å²) < 4.78 is 6.05. The number of rotatable bonds is 2. The molecule has 6 aromatic rings. The van der Waals surface area contributed by atoms with Gasteiger partial charge < -0.3 is 14.4 Å². The molecule has 0 aliphatic heterocycles. The molecular formula is C36H32IrN2O-2. The number of benzene rings is 3. The summed E-state index contributed by atoms with van der Waals surface area (Å²) in [4.78, 5) is 9.03. The third kappa shape index (κ3) is 5.39. The van der Waals surface area contributed by atoms with Crippen LogP contribution in [0.1, 0.15) is 51.7 Å². The molecule has 0 saturated carbocycles. The Labute approximate surface area is 250 Å². The SMILES string of the molecule is CC1(C)CCC(C)(C)c2cc(-c3[c-]cc4c(c3)oc3ccccc34)ncc21.[Ir].[c-]1ccccc1-c1ccccn1. The van der Waals surface area contributed by atoms with Crippen LogP contribution in [0.2, 0.25) is 0 Å². The van der Waals surface area contributed by atoms with Crippen LogP contribution in [0.4, 0.5) is 0 Å². The molecule has 3 nitrogen and oxygen atoms in total. The van der Waals surface area contributed by atoms with Gasteiger partial charge in [0.15, 0.2) is 0 Å². The second-order valence-electron chi connectivity index (χ2n) is 11.6. The van der Waals surface area contributed by atoms with Crippen molar-refractivity contribution in [1.82, 2.24) is 9.97 Å². The minimum Gasteiger partial charge on any atom is -0.476 e. The normalized spacial score (nSPS) is 15.0. The first-order valence-corrected chi connectivity index (χ1v) is 13.5. The number of furan rings is 1. The first kappa shape index (κ1) is 28.0. The Morgan fingerprint density at radius 2 is 1.43 bits per heavy atom. The van der Waals surface area contributed by atoms with Gasteiger partial charge in [0, 0.05) is 32.5 Å². The van der Waals surface area contributed by atoms with Crippen molar-refractivity contribution < 1.29 is 24.5 Å². The fourth-order valence-corrected chi connectivity index (χ4v) is 5.48. The second kappa shape index (κ2) is 11.1. The zero-order chi connectivity index (χ0) is 27.0. The Morgan fingerprint density at radius 3 is 2.17 bits per heavy atom. The van der Waals surface area contributed by atoms with E-state index in [2.05, 4.69) is 69.2 Å². The summed E-state index contributed by atoms with van der Waals surface area (Å²) in [6.45, 7) is 9.35. The molecule has 3 heterocycles. The molecular weight excluding hydrogens is 669 g/mol. The fraction of sp³-hybridized carbons (Fsp3) is 0.222. The molecule has 0 unspecified atom stereocenters. The molecule has 0 amide bonds. The molecule has 3 aromatic heterocycles. The third-order valence-electron chi connectivity index (χ3n) is 7.97. The van der Waals surface area contributed by atoms with E-state index in [1.54, 1.807) is 6.20 Å². The molecule has 0 spiro atoms. The summed E-state index contributed by atoms with van der Waals surface area (Å²) in [7, 11) is 0. The van der Waals surface area contributed by atoms with E-state index in [-0.39, 0.29) is 30.9 Å². The minimum atomic E-state index is 0. The van der Waals surface area contributed by atoms with Crippen LogP contribution < -0.4 is 0 Å². The van der Waals surface area contributed by atoms with Gasteiger partial charge in [0.05, 0.1) is 5.58 Å². The molecule has 0 atom stereocenters. The van der Waals surface area contributed by atoms with Crippen molar-refractivity contribution in [2.45, 2.75) is 51.4 Å². The summed E-state index contributed by atoms with van der Waals surface area (Å²) >= 11 is 0. The monoisotopic (exact) mass is 701 g/mol. The standard InChI is InChI=1S/C25H24NO.C11H8N.Ir/c1-24(2)11-12-25(3,4)20-15-26-21(14-19(20)24)16-9-10-18-17-7-5-6-8-22(17)27-23(18)13-16;1-2-6-10(7-3-1)11-8-4-5-9-12-11;/h5-8,10,13-15H,11-12H2,1-4H3;1-6,8-9H;/q2*-1;. The Hall–Kier alpha value is -3.59. The summed E-state index contributed by atoms with van der Waals surface area (Å²) in [5, 5.41) is 2.24. The summed E-state index contributed by atoms with van der Waals surface area (Å²) in [6, 6.07) is 34.8. The van der Waals surface area contributed by atoms with Crippen LogP contribution in [-0.2, 0) is 30.9 Å². The number of hydrogen-bond donors (Lipinski definition) is 0. The second-order valence-corrected chi connectivity index (χ2v) is 11.6. The van der Waals surface area contributed by atoms with E-state index in [1.165, 1.54) is 24.0 Å². The number of fused-ring (bicyclic) bond motifs is 4. The molecule has 0 bridgehead atoms. The number of hydrogen-bond acceptors (Lipinski definition) is 3. The largest absolute Gasteiger partial charge is 0.476 e. The van der Waals surface area contributed by atoms with Crippen molar-refractivity contribution in [3.63, 3.8) is 0 Å². The minimum absolute atomic E-state index is 0. The van der Waals surface area contributed by atoms with Gasteiger partial charge in [-0.05, 0) is 63.7 Å². The molecule has 3 aromatic carbocycles. The molecule has 1 aliphatic rings. The summed E-state index contributed by atoms with van der Waals surface area (Å²) in [5.74, 6) is 0. The van der Waals surface area contributed by atoms with E-state index in [4.69, 9.17) is 9.40 Å². The fourth-order valence-electron chi connectivity index (χ4n) is 5.48. The molecule has 0 saturated heterocycles.